The van der Waals surface area contributed by atoms with Crippen LogP contribution in [0.15, 0.2) is 81.0 Å². The van der Waals surface area contributed by atoms with Crippen molar-refractivity contribution >= 4 is 51.9 Å². The van der Waals surface area contributed by atoms with Gasteiger partial charge < -0.3 is 15.2 Å². The van der Waals surface area contributed by atoms with Crippen molar-refractivity contribution in [3.8, 4) is 11.5 Å². The Kier molecular flexibility index (Phi) is 6.53. The van der Waals surface area contributed by atoms with Gasteiger partial charge in [-0.25, -0.2) is 4.99 Å². The number of benzene rings is 2. The Bertz CT molecular complexity index is 1670. The van der Waals surface area contributed by atoms with Crippen molar-refractivity contribution in [3.05, 3.63) is 106 Å². The summed E-state index contributed by atoms with van der Waals surface area (Å²) in [5.41, 5.74) is 1.92. The van der Waals surface area contributed by atoms with Crippen molar-refractivity contribution in [3.63, 3.8) is 0 Å². The topological polar surface area (TPSA) is 92.9 Å². The molecule has 0 saturated carbocycles. The van der Waals surface area contributed by atoms with Crippen molar-refractivity contribution in [1.29, 1.82) is 0 Å². The highest BCUT2D eigenvalue weighted by Gasteiger charge is 2.33. The first-order chi connectivity index (χ1) is 17.4. The maximum Gasteiger partial charge on any atom is 0.271 e. The molecule has 7 nitrogen and oxygen atoms in total. The van der Waals surface area contributed by atoms with E-state index in [2.05, 4.69) is 10.3 Å². The molecule has 2 N–H and O–H groups in total. The summed E-state index contributed by atoms with van der Waals surface area (Å²) in [7, 11) is 1.43. The Labute approximate surface area is 218 Å². The molecule has 2 aromatic heterocycles. The summed E-state index contributed by atoms with van der Waals surface area (Å²) in [5.74, 6) is -0.279. The van der Waals surface area contributed by atoms with Crippen LogP contribution in [0.25, 0.3) is 6.08 Å². The molecular formula is C26H20ClN3O4S2. The number of nitrogens with one attached hydrogen (secondary N) is 1. The number of para-hydroxylation sites is 1. The van der Waals surface area contributed by atoms with E-state index in [1.54, 1.807) is 41.8 Å². The van der Waals surface area contributed by atoms with Gasteiger partial charge in [0.05, 0.1) is 27.9 Å². The number of thiophene rings is 1. The molecule has 0 fully saturated rings. The number of methoxy groups -OCH3 is 1. The third-order valence-corrected chi connectivity index (χ3v) is 7.87. The minimum absolute atomic E-state index is 0.112. The van der Waals surface area contributed by atoms with Gasteiger partial charge in [-0.3, -0.25) is 14.2 Å². The fourth-order valence-corrected chi connectivity index (χ4v) is 6.12. The number of fused-ring (bicyclic) bond motifs is 1. The number of thiazole rings is 1. The normalized spacial score (nSPS) is 15.4. The summed E-state index contributed by atoms with van der Waals surface area (Å²) >= 11 is 8.83. The molecule has 1 aliphatic rings. The molecule has 1 amide bonds. The first kappa shape index (κ1) is 24.1. The van der Waals surface area contributed by atoms with Gasteiger partial charge in [0.25, 0.3) is 11.5 Å². The first-order valence-corrected chi connectivity index (χ1v) is 12.9. The Morgan fingerprint density at radius 1 is 1.22 bits per heavy atom. The SMILES string of the molecule is COc1cc(/C=c2\sc3n(c2=O)[C@H](c2cccs2)C(C(=O)Nc2ccccc2)=C(C)N=3)cc(Cl)c1O. The van der Waals surface area contributed by atoms with Gasteiger partial charge in [-0.15, -0.1) is 11.3 Å². The summed E-state index contributed by atoms with van der Waals surface area (Å²) in [6, 6.07) is 15.5. The zero-order chi connectivity index (χ0) is 25.4. The molecule has 0 bridgehead atoms. The number of aromatic nitrogens is 1. The maximum atomic E-state index is 13.7. The molecule has 0 spiro atoms. The van der Waals surface area contributed by atoms with E-state index in [0.717, 1.165) is 4.88 Å². The number of rotatable bonds is 5. The quantitative estimate of drug-likeness (QED) is 0.397. The van der Waals surface area contributed by atoms with E-state index < -0.39 is 6.04 Å². The van der Waals surface area contributed by atoms with Crippen molar-refractivity contribution in [2.24, 2.45) is 4.99 Å². The van der Waals surface area contributed by atoms with Gasteiger partial charge in [0, 0.05) is 10.6 Å². The zero-order valence-corrected chi connectivity index (χ0v) is 21.6. The second kappa shape index (κ2) is 9.77. The van der Waals surface area contributed by atoms with Crippen LogP contribution in [-0.2, 0) is 4.79 Å². The van der Waals surface area contributed by atoms with Crippen LogP contribution in [0.5, 0.6) is 11.5 Å². The molecule has 1 atom stereocenters. The van der Waals surface area contributed by atoms with Crippen LogP contribution in [-0.4, -0.2) is 22.7 Å². The van der Waals surface area contributed by atoms with Crippen LogP contribution >= 0.6 is 34.3 Å². The van der Waals surface area contributed by atoms with Crippen LogP contribution in [0, 0.1) is 0 Å². The monoisotopic (exact) mass is 537 g/mol. The van der Waals surface area contributed by atoms with E-state index in [9.17, 15) is 14.7 Å². The molecule has 0 unspecified atom stereocenters. The van der Waals surface area contributed by atoms with Gasteiger partial charge in [0.15, 0.2) is 16.3 Å². The molecule has 5 rings (SSSR count). The molecular weight excluding hydrogens is 518 g/mol. The lowest BCUT2D eigenvalue weighted by Crippen LogP contribution is -2.40. The van der Waals surface area contributed by atoms with Crippen molar-refractivity contribution in [2.45, 2.75) is 13.0 Å². The van der Waals surface area contributed by atoms with Gasteiger partial charge in [-0.1, -0.05) is 47.2 Å². The molecule has 36 heavy (non-hydrogen) atoms. The Morgan fingerprint density at radius 3 is 2.69 bits per heavy atom. The van der Waals surface area contributed by atoms with Gasteiger partial charge in [-0.2, -0.15) is 0 Å². The Morgan fingerprint density at radius 2 is 2.00 bits per heavy atom. The molecule has 0 aliphatic carbocycles. The lowest BCUT2D eigenvalue weighted by molar-refractivity contribution is -0.113. The second-order valence-corrected chi connectivity index (χ2v) is 10.4. The molecule has 0 radical (unpaired) electrons. The predicted molar refractivity (Wildman–Crippen MR) is 143 cm³/mol. The molecule has 2 aromatic carbocycles. The number of allylic oxidation sites excluding steroid dienone is 1. The summed E-state index contributed by atoms with van der Waals surface area (Å²) in [4.78, 5) is 33.1. The van der Waals surface area contributed by atoms with Gasteiger partial charge >= 0.3 is 0 Å². The predicted octanol–water partition coefficient (Wildman–Crippen LogP) is 4.30. The van der Waals surface area contributed by atoms with E-state index >= 15 is 0 Å². The fourth-order valence-electron chi connectivity index (χ4n) is 4.03. The number of amides is 1. The summed E-state index contributed by atoms with van der Waals surface area (Å²) in [5, 5.41) is 15.0. The molecule has 10 heteroatoms. The van der Waals surface area contributed by atoms with E-state index in [-0.39, 0.29) is 28.0 Å². The highest BCUT2D eigenvalue weighted by Crippen LogP contribution is 2.35. The molecule has 1 aliphatic heterocycles. The summed E-state index contributed by atoms with van der Waals surface area (Å²) in [6.07, 6.45) is 1.67. The number of nitrogens with zero attached hydrogens (tertiary/aromatic N) is 2. The average Bonchev–Trinajstić information content (AvgIpc) is 3.49. The Hall–Kier alpha value is -3.66. The van der Waals surface area contributed by atoms with Crippen LogP contribution in [0.3, 0.4) is 0 Å². The maximum absolute atomic E-state index is 13.7. The number of carbonyl (C=O) groups is 1. The Balaban J connectivity index is 1.65. The van der Waals surface area contributed by atoms with Crippen LogP contribution in [0.1, 0.15) is 23.4 Å². The van der Waals surface area contributed by atoms with E-state index in [1.807, 2.05) is 35.7 Å². The number of anilines is 1. The number of phenolic OH excluding ortho intramolecular Hbond substituents is 1. The van der Waals surface area contributed by atoms with Crippen molar-refractivity contribution < 1.29 is 14.6 Å². The van der Waals surface area contributed by atoms with E-state index in [1.165, 1.54) is 29.8 Å². The van der Waals surface area contributed by atoms with Gasteiger partial charge in [0.1, 0.15) is 6.04 Å². The second-order valence-electron chi connectivity index (χ2n) is 7.97. The number of halogens is 1. The zero-order valence-electron chi connectivity index (χ0n) is 19.2. The first-order valence-electron chi connectivity index (χ1n) is 10.9. The number of carbonyl (C=O) groups excluding carboxylic acids is 1. The highest BCUT2D eigenvalue weighted by atomic mass is 35.5. The third kappa shape index (κ3) is 4.37. The van der Waals surface area contributed by atoms with Crippen LogP contribution in [0.4, 0.5) is 5.69 Å². The number of hydrogen-bond acceptors (Lipinski definition) is 7. The summed E-state index contributed by atoms with van der Waals surface area (Å²) in [6.45, 7) is 1.78. The number of ether oxygens (including phenoxy) is 1. The van der Waals surface area contributed by atoms with E-state index in [0.29, 0.717) is 31.9 Å². The lowest BCUT2D eigenvalue weighted by Gasteiger charge is -2.24. The number of aromatic hydroxyl groups is 1. The van der Waals surface area contributed by atoms with Crippen LogP contribution in [0.2, 0.25) is 5.02 Å². The smallest absolute Gasteiger partial charge is 0.271 e. The van der Waals surface area contributed by atoms with Crippen molar-refractivity contribution in [1.82, 2.24) is 4.57 Å². The largest absolute Gasteiger partial charge is 0.503 e. The van der Waals surface area contributed by atoms with Gasteiger partial charge in [0.2, 0.25) is 0 Å². The molecule has 3 heterocycles. The standard InChI is InChI=1S/C26H20ClN3O4S2/c1-14-21(24(32)29-16-7-4-3-5-8-16)22(19-9-6-10-35-19)30-25(33)20(36-26(30)28-14)13-15-11-17(27)23(31)18(12-15)34-2/h3-13,22,31H,1-2H3,(H,29,32)/b20-13-/t22-/m1/s1. The van der Waals surface area contributed by atoms with Gasteiger partial charge in [-0.05, 0) is 54.3 Å². The average molecular weight is 538 g/mol. The molecule has 4 aromatic rings. The van der Waals surface area contributed by atoms with Crippen molar-refractivity contribution in [2.75, 3.05) is 12.4 Å². The third-order valence-electron chi connectivity index (χ3n) is 5.68. The summed E-state index contributed by atoms with van der Waals surface area (Å²) < 4.78 is 7.16. The lowest BCUT2D eigenvalue weighted by atomic mass is 10.0. The van der Waals surface area contributed by atoms with E-state index in [4.69, 9.17) is 16.3 Å². The highest BCUT2D eigenvalue weighted by molar-refractivity contribution is 7.10. The minimum atomic E-state index is -0.620. The minimum Gasteiger partial charge on any atom is -0.503 e. The number of phenols is 1. The van der Waals surface area contributed by atoms with Crippen LogP contribution < -0.4 is 24.9 Å². The fraction of sp³-hybridized carbons (Fsp3) is 0.115. The molecule has 182 valence electrons. The molecule has 0 saturated heterocycles. The number of hydrogen-bond donors (Lipinski definition) is 2.